The number of hydrogen-bond acceptors (Lipinski definition) is 3. The Labute approximate surface area is 183 Å². The van der Waals surface area contributed by atoms with Gasteiger partial charge in [0.15, 0.2) is 0 Å². The zero-order chi connectivity index (χ0) is 21.7. The van der Waals surface area contributed by atoms with E-state index in [4.69, 9.17) is 11.6 Å². The average molecular weight is 519 g/mol. The normalized spacial score (nSPS) is 16.6. The minimum Gasteiger partial charge on any atom is -0.278 e. The Morgan fingerprint density at radius 3 is 2.47 bits per heavy atom. The van der Waals surface area contributed by atoms with Gasteiger partial charge in [-0.25, -0.2) is 8.42 Å². The van der Waals surface area contributed by atoms with E-state index in [0.717, 1.165) is 28.6 Å². The van der Waals surface area contributed by atoms with E-state index in [1.165, 1.54) is 12.4 Å². The molecule has 1 aliphatic heterocycles. The Morgan fingerprint density at radius 1 is 1.10 bits per heavy atom. The van der Waals surface area contributed by atoms with Crippen molar-refractivity contribution in [3.63, 3.8) is 0 Å². The number of H-pyrrole nitrogens is 1. The predicted molar refractivity (Wildman–Crippen MR) is 109 cm³/mol. The van der Waals surface area contributed by atoms with Gasteiger partial charge < -0.3 is 0 Å². The fraction of sp³-hybridized carbons (Fsp3) is 0.105. The number of nitrogens with zero attached hydrogens (tertiary/aromatic N) is 2. The van der Waals surface area contributed by atoms with Crippen LogP contribution in [0.15, 0.2) is 64.2 Å². The van der Waals surface area contributed by atoms with Gasteiger partial charge in [-0.1, -0.05) is 27.5 Å². The monoisotopic (exact) mass is 517 g/mol. The van der Waals surface area contributed by atoms with Crippen LogP contribution in [-0.4, -0.2) is 22.9 Å². The first-order valence-corrected chi connectivity index (χ1v) is 11.1. The first-order valence-electron chi connectivity index (χ1n) is 8.46. The molecule has 3 aromatic rings. The Bertz CT molecular complexity index is 1240. The third-order valence-corrected chi connectivity index (χ3v) is 7.36. The summed E-state index contributed by atoms with van der Waals surface area (Å²) >= 11 is 9.57. The number of alkyl halides is 3. The van der Waals surface area contributed by atoms with Crippen molar-refractivity contribution in [2.45, 2.75) is 17.1 Å². The van der Waals surface area contributed by atoms with E-state index in [1.54, 1.807) is 24.3 Å². The fourth-order valence-electron chi connectivity index (χ4n) is 3.21. The van der Waals surface area contributed by atoms with Crippen LogP contribution in [0.3, 0.4) is 0 Å². The van der Waals surface area contributed by atoms with Crippen molar-refractivity contribution in [3.8, 4) is 0 Å². The van der Waals surface area contributed by atoms with E-state index in [9.17, 15) is 21.6 Å². The molecule has 1 atom stereocenters. The molecule has 0 saturated carbocycles. The van der Waals surface area contributed by atoms with Crippen molar-refractivity contribution in [2.75, 3.05) is 0 Å². The molecule has 0 spiro atoms. The number of benzene rings is 2. The van der Waals surface area contributed by atoms with Gasteiger partial charge in [0, 0.05) is 21.3 Å². The number of rotatable bonds is 3. The lowest BCUT2D eigenvalue weighted by Gasteiger charge is -2.33. The highest BCUT2D eigenvalue weighted by atomic mass is 79.9. The number of aromatic nitrogens is 2. The molecule has 0 bridgehead atoms. The molecule has 0 aliphatic carbocycles. The van der Waals surface area contributed by atoms with Crippen molar-refractivity contribution in [1.82, 2.24) is 14.5 Å². The number of aromatic amines is 1. The van der Waals surface area contributed by atoms with Crippen LogP contribution in [0.4, 0.5) is 13.2 Å². The zero-order valence-corrected chi connectivity index (χ0v) is 18.0. The lowest BCUT2D eigenvalue weighted by atomic mass is 9.97. The number of halogens is 5. The van der Waals surface area contributed by atoms with Crippen molar-refractivity contribution in [1.29, 1.82) is 0 Å². The summed E-state index contributed by atoms with van der Waals surface area (Å²) in [6.07, 6.45) is -0.163. The second-order valence-corrected chi connectivity index (χ2v) is 9.61. The van der Waals surface area contributed by atoms with Crippen LogP contribution < -0.4 is 0 Å². The molecule has 5 nitrogen and oxygen atoms in total. The molecule has 2 aromatic carbocycles. The third-order valence-electron chi connectivity index (χ3n) is 4.65. The molecular weight excluding hydrogens is 507 g/mol. The highest BCUT2D eigenvalue weighted by Crippen LogP contribution is 2.42. The lowest BCUT2D eigenvalue weighted by Crippen LogP contribution is -2.33. The van der Waals surface area contributed by atoms with Crippen LogP contribution >= 0.6 is 27.5 Å². The van der Waals surface area contributed by atoms with Gasteiger partial charge in [-0.2, -0.15) is 18.3 Å². The Hall–Kier alpha value is -2.30. The van der Waals surface area contributed by atoms with Crippen LogP contribution in [-0.2, 0) is 16.2 Å². The molecule has 11 heteroatoms. The molecule has 2 heterocycles. The summed E-state index contributed by atoms with van der Waals surface area (Å²) in [7, 11) is -4.20. The topological polar surface area (TPSA) is 66.1 Å². The lowest BCUT2D eigenvalue weighted by molar-refractivity contribution is -0.137. The summed E-state index contributed by atoms with van der Waals surface area (Å²) in [6, 6.07) is 7.52. The Balaban J connectivity index is 1.84. The summed E-state index contributed by atoms with van der Waals surface area (Å²) in [5.41, 5.74) is 0.827. The molecule has 1 unspecified atom stereocenters. The fourth-order valence-corrected chi connectivity index (χ4v) is 5.31. The van der Waals surface area contributed by atoms with E-state index in [0.29, 0.717) is 26.3 Å². The standard InChI is InChI=1S/C19H12BrClF3N3O2S/c20-16-6-3-12(21)9-14(16)18-15-10-25-26-17(15)7-8-27(18)30(28,29)13-4-1-11(2-5-13)19(22,23)24/h1-10,18H,(H,25,26). The zero-order valence-electron chi connectivity index (χ0n) is 14.9. The number of sulfonamides is 1. The summed E-state index contributed by atoms with van der Waals surface area (Å²) in [5, 5.41) is 7.19. The summed E-state index contributed by atoms with van der Waals surface area (Å²) < 4.78 is 67.1. The molecule has 0 fully saturated rings. The van der Waals surface area contributed by atoms with E-state index >= 15 is 0 Å². The second-order valence-electron chi connectivity index (χ2n) is 6.48. The molecule has 4 rings (SSSR count). The van der Waals surface area contributed by atoms with E-state index < -0.39 is 27.8 Å². The van der Waals surface area contributed by atoms with Gasteiger partial charge in [-0.05, 0) is 54.1 Å². The van der Waals surface area contributed by atoms with Crippen molar-refractivity contribution in [3.05, 3.63) is 86.7 Å². The maximum Gasteiger partial charge on any atom is 0.416 e. The van der Waals surface area contributed by atoms with Gasteiger partial charge >= 0.3 is 6.18 Å². The number of hydrogen-bond donors (Lipinski definition) is 1. The molecule has 156 valence electrons. The SMILES string of the molecule is O=S(=O)(c1ccc(C(F)(F)F)cc1)N1C=Cc2[nH]ncc2C1c1cc(Cl)ccc1Br. The molecule has 1 aromatic heterocycles. The molecular formula is C19H12BrClF3N3O2S. The largest absolute Gasteiger partial charge is 0.416 e. The molecule has 1 aliphatic rings. The molecule has 0 radical (unpaired) electrons. The minimum absolute atomic E-state index is 0.268. The molecule has 0 saturated heterocycles. The predicted octanol–water partition coefficient (Wildman–Crippen LogP) is 5.61. The maximum absolute atomic E-state index is 13.4. The Morgan fingerprint density at radius 2 is 1.80 bits per heavy atom. The van der Waals surface area contributed by atoms with Crippen LogP contribution in [0.2, 0.25) is 5.02 Å². The molecule has 0 amide bonds. The van der Waals surface area contributed by atoms with Crippen molar-refractivity contribution < 1.29 is 21.6 Å². The molecule has 1 N–H and O–H groups in total. The van der Waals surface area contributed by atoms with Gasteiger partial charge in [0.25, 0.3) is 10.0 Å². The smallest absolute Gasteiger partial charge is 0.278 e. The summed E-state index contributed by atoms with van der Waals surface area (Å²) in [5.74, 6) is 0. The van der Waals surface area contributed by atoms with Crippen LogP contribution in [0, 0.1) is 0 Å². The van der Waals surface area contributed by atoms with Gasteiger partial charge in [-0.15, -0.1) is 0 Å². The van der Waals surface area contributed by atoms with E-state index in [1.807, 2.05) is 0 Å². The van der Waals surface area contributed by atoms with Gasteiger partial charge in [0.05, 0.1) is 28.4 Å². The maximum atomic E-state index is 13.4. The minimum atomic E-state index is -4.56. The van der Waals surface area contributed by atoms with Gasteiger partial charge in [0.2, 0.25) is 0 Å². The quantitative estimate of drug-likeness (QED) is 0.490. The van der Waals surface area contributed by atoms with Gasteiger partial charge in [0.1, 0.15) is 0 Å². The first kappa shape index (κ1) is 21.0. The van der Waals surface area contributed by atoms with Crippen molar-refractivity contribution in [2.24, 2.45) is 0 Å². The van der Waals surface area contributed by atoms with Crippen LogP contribution in [0.5, 0.6) is 0 Å². The van der Waals surface area contributed by atoms with Crippen LogP contribution in [0.1, 0.15) is 28.4 Å². The van der Waals surface area contributed by atoms with Crippen LogP contribution in [0.25, 0.3) is 6.08 Å². The first-order chi connectivity index (χ1) is 14.1. The third kappa shape index (κ3) is 3.63. The average Bonchev–Trinajstić information content (AvgIpc) is 3.17. The highest BCUT2D eigenvalue weighted by molar-refractivity contribution is 9.10. The number of fused-ring (bicyclic) bond motifs is 1. The second kappa shape index (κ2) is 7.44. The highest BCUT2D eigenvalue weighted by Gasteiger charge is 2.37. The molecule has 30 heavy (non-hydrogen) atoms. The number of nitrogens with one attached hydrogen (secondary N) is 1. The van der Waals surface area contributed by atoms with E-state index in [-0.39, 0.29) is 4.90 Å². The summed E-state index contributed by atoms with van der Waals surface area (Å²) in [4.78, 5) is -0.268. The summed E-state index contributed by atoms with van der Waals surface area (Å²) in [6.45, 7) is 0. The Kier molecular flexibility index (Phi) is 5.19. The van der Waals surface area contributed by atoms with Crippen molar-refractivity contribution >= 4 is 43.6 Å². The van der Waals surface area contributed by atoms with E-state index in [2.05, 4.69) is 26.1 Å². The van der Waals surface area contributed by atoms with Gasteiger partial charge in [-0.3, -0.25) is 9.40 Å².